The molecule has 11 aromatic rings. The SMILES string of the molecule is c1ccc(-c2c(-c3ccccc3)c(-c3ccccc3)c3c(c2-c2ccccc2)-c2cccc4c(-c5cccc6c5sc5cc7ccccc7cc56)ccc-3c24)cc1. The maximum atomic E-state index is 2.42. The second kappa shape index (κ2) is 12.7. The third-order valence-corrected chi connectivity index (χ3v) is 13.2. The fourth-order valence-corrected chi connectivity index (χ4v) is 10.9. The molecule has 0 saturated heterocycles. The molecule has 0 unspecified atom stereocenters. The summed E-state index contributed by atoms with van der Waals surface area (Å²) in [4.78, 5) is 0. The molecule has 0 nitrogen and oxygen atoms in total. The summed E-state index contributed by atoms with van der Waals surface area (Å²) in [7, 11) is 0. The molecule has 0 spiro atoms. The third kappa shape index (κ3) is 4.86. The highest BCUT2D eigenvalue weighted by Gasteiger charge is 2.34. The Morgan fingerprint density at radius 3 is 1.23 bits per heavy atom. The molecule has 10 aromatic carbocycles. The van der Waals surface area contributed by atoms with Gasteiger partial charge in [0.2, 0.25) is 0 Å². The average Bonchev–Trinajstić information content (AvgIpc) is 3.82. The first-order valence-electron chi connectivity index (χ1n) is 19.7. The van der Waals surface area contributed by atoms with E-state index in [9.17, 15) is 0 Å². The fraction of sp³-hybridized carbons (Fsp3) is 0. The van der Waals surface area contributed by atoms with Crippen molar-refractivity contribution in [2.24, 2.45) is 0 Å². The van der Waals surface area contributed by atoms with E-state index in [2.05, 4.69) is 206 Å². The molecule has 1 heterocycles. The molecule has 0 radical (unpaired) electrons. The Balaban J connectivity index is 1.23. The van der Waals surface area contributed by atoms with Gasteiger partial charge in [0.25, 0.3) is 0 Å². The van der Waals surface area contributed by atoms with E-state index >= 15 is 0 Å². The third-order valence-electron chi connectivity index (χ3n) is 12.0. The smallest absolute Gasteiger partial charge is 0.0434 e. The van der Waals surface area contributed by atoms with E-state index in [0.717, 1.165) is 0 Å². The summed E-state index contributed by atoms with van der Waals surface area (Å²) in [5.74, 6) is 0. The van der Waals surface area contributed by atoms with Crippen LogP contribution in [0.1, 0.15) is 0 Å². The topological polar surface area (TPSA) is 0 Å². The molecule has 0 bridgehead atoms. The highest BCUT2D eigenvalue weighted by atomic mass is 32.1. The lowest BCUT2D eigenvalue weighted by Gasteiger charge is -2.26. The van der Waals surface area contributed by atoms with Gasteiger partial charge in [0, 0.05) is 25.7 Å². The van der Waals surface area contributed by atoms with Crippen molar-refractivity contribution in [1.82, 2.24) is 0 Å². The van der Waals surface area contributed by atoms with E-state index in [-0.39, 0.29) is 0 Å². The van der Waals surface area contributed by atoms with Gasteiger partial charge in [-0.2, -0.15) is 0 Å². The van der Waals surface area contributed by atoms with Crippen LogP contribution in [0, 0.1) is 0 Å². The van der Waals surface area contributed by atoms with Gasteiger partial charge in [0.05, 0.1) is 0 Å². The molecular weight excluding hydrogens is 705 g/mol. The Hall–Kier alpha value is -7.06. The largest absolute Gasteiger partial charge is 0.135 e. The van der Waals surface area contributed by atoms with Crippen molar-refractivity contribution >= 4 is 53.1 Å². The van der Waals surface area contributed by atoms with E-state index in [1.54, 1.807) is 0 Å². The Bertz CT molecular complexity index is 3240. The lowest BCUT2D eigenvalue weighted by molar-refractivity contribution is 1.54. The Morgan fingerprint density at radius 1 is 0.263 bits per heavy atom. The number of benzene rings is 10. The van der Waals surface area contributed by atoms with Gasteiger partial charge in [0.15, 0.2) is 0 Å². The van der Waals surface area contributed by atoms with Gasteiger partial charge in [-0.25, -0.2) is 0 Å². The molecule has 0 atom stereocenters. The lowest BCUT2D eigenvalue weighted by Crippen LogP contribution is -1.99. The van der Waals surface area contributed by atoms with Crippen LogP contribution in [0.4, 0.5) is 0 Å². The van der Waals surface area contributed by atoms with Crippen molar-refractivity contribution in [1.29, 1.82) is 0 Å². The van der Waals surface area contributed by atoms with Crippen LogP contribution < -0.4 is 0 Å². The number of hydrogen-bond acceptors (Lipinski definition) is 1. The molecule has 0 fully saturated rings. The Morgan fingerprint density at radius 2 is 0.684 bits per heavy atom. The summed E-state index contributed by atoms with van der Waals surface area (Å²) < 4.78 is 2.67. The van der Waals surface area contributed by atoms with Crippen molar-refractivity contribution in [3.63, 3.8) is 0 Å². The molecule has 1 heteroatoms. The first kappa shape index (κ1) is 32.2. The Labute approximate surface area is 335 Å². The first-order chi connectivity index (χ1) is 28.3. The fourth-order valence-electron chi connectivity index (χ4n) is 9.62. The second-order valence-electron chi connectivity index (χ2n) is 15.1. The minimum atomic E-state index is 1.21. The second-order valence-corrected chi connectivity index (χ2v) is 16.1. The van der Waals surface area contributed by atoms with Crippen molar-refractivity contribution in [3.8, 4) is 77.9 Å². The maximum Gasteiger partial charge on any atom is 0.0434 e. The molecular formula is C56H34S. The molecule has 0 amide bonds. The zero-order chi connectivity index (χ0) is 37.5. The summed E-state index contributed by atoms with van der Waals surface area (Å²) >= 11 is 1.92. The minimum Gasteiger partial charge on any atom is -0.135 e. The van der Waals surface area contributed by atoms with Crippen molar-refractivity contribution < 1.29 is 0 Å². The van der Waals surface area contributed by atoms with Crippen molar-refractivity contribution in [2.45, 2.75) is 0 Å². The van der Waals surface area contributed by atoms with Crippen LogP contribution in [-0.2, 0) is 0 Å². The van der Waals surface area contributed by atoms with Gasteiger partial charge >= 0.3 is 0 Å². The van der Waals surface area contributed by atoms with Gasteiger partial charge in [-0.1, -0.05) is 194 Å². The number of hydrogen-bond donors (Lipinski definition) is 0. The highest BCUT2D eigenvalue weighted by molar-refractivity contribution is 7.26. The van der Waals surface area contributed by atoms with Gasteiger partial charge in [-0.15, -0.1) is 11.3 Å². The molecule has 1 aliphatic rings. The number of fused-ring (bicyclic) bond motifs is 7. The quantitative estimate of drug-likeness (QED) is 0.165. The van der Waals surface area contributed by atoms with Gasteiger partial charge in [0.1, 0.15) is 0 Å². The number of rotatable bonds is 5. The summed E-state index contributed by atoms with van der Waals surface area (Å²) in [6, 6.07) is 76.4. The van der Waals surface area contributed by atoms with E-state index in [1.807, 2.05) is 11.3 Å². The van der Waals surface area contributed by atoms with Crippen LogP contribution in [0.2, 0.25) is 0 Å². The van der Waals surface area contributed by atoms with Crippen molar-refractivity contribution in [3.05, 3.63) is 206 Å². The predicted octanol–water partition coefficient (Wildman–Crippen LogP) is 16.3. The van der Waals surface area contributed by atoms with Gasteiger partial charge in [-0.05, 0) is 106 Å². The summed E-state index contributed by atoms with van der Waals surface area (Å²) in [6.07, 6.45) is 0. The zero-order valence-corrected chi connectivity index (χ0v) is 31.9. The van der Waals surface area contributed by atoms with Crippen molar-refractivity contribution in [2.75, 3.05) is 0 Å². The summed E-state index contributed by atoms with van der Waals surface area (Å²) in [5, 5.41) is 7.84. The molecule has 1 aromatic heterocycles. The molecule has 0 aliphatic heterocycles. The lowest BCUT2D eigenvalue weighted by atomic mass is 9.76. The van der Waals surface area contributed by atoms with E-state index in [1.165, 1.54) is 120 Å². The number of thiophene rings is 1. The van der Waals surface area contributed by atoms with Gasteiger partial charge in [-0.3, -0.25) is 0 Å². The van der Waals surface area contributed by atoms with Crippen LogP contribution in [-0.4, -0.2) is 0 Å². The van der Waals surface area contributed by atoms with Crippen LogP contribution in [0.5, 0.6) is 0 Å². The highest BCUT2D eigenvalue weighted by Crippen LogP contribution is 2.61. The minimum absolute atomic E-state index is 1.21. The van der Waals surface area contributed by atoms with E-state index in [0.29, 0.717) is 0 Å². The summed E-state index contributed by atoms with van der Waals surface area (Å²) in [5.41, 5.74) is 17.7. The molecule has 0 N–H and O–H groups in total. The van der Waals surface area contributed by atoms with Crippen LogP contribution in [0.15, 0.2) is 206 Å². The normalized spacial score (nSPS) is 11.9. The van der Waals surface area contributed by atoms with Crippen LogP contribution >= 0.6 is 11.3 Å². The Kier molecular flexibility index (Phi) is 7.20. The standard InChI is InChI=1S/C56H34S/c1-5-17-35(18-6-1)49-50(36-19-7-2-8-20-36)52(38-23-11-4-12-24-38)55-46-32-31-41(42-27-15-30-45(53(42)46)54(55)51(49)37-21-9-3-10-22-37)43-28-16-29-44-47-33-39-25-13-14-26-40(39)34-48(47)57-56(43)44/h1-34H. The van der Waals surface area contributed by atoms with E-state index < -0.39 is 0 Å². The molecule has 264 valence electrons. The maximum absolute atomic E-state index is 2.42. The average molecular weight is 739 g/mol. The van der Waals surface area contributed by atoms with Crippen LogP contribution in [0.25, 0.3) is 120 Å². The van der Waals surface area contributed by atoms with Crippen LogP contribution in [0.3, 0.4) is 0 Å². The van der Waals surface area contributed by atoms with E-state index in [4.69, 9.17) is 0 Å². The van der Waals surface area contributed by atoms with Gasteiger partial charge < -0.3 is 0 Å². The monoisotopic (exact) mass is 738 g/mol. The zero-order valence-electron chi connectivity index (χ0n) is 31.0. The molecule has 57 heavy (non-hydrogen) atoms. The first-order valence-corrected chi connectivity index (χ1v) is 20.5. The predicted molar refractivity (Wildman–Crippen MR) is 246 cm³/mol. The molecule has 0 saturated carbocycles. The molecule has 12 rings (SSSR count). The molecule has 1 aliphatic carbocycles. The summed E-state index contributed by atoms with van der Waals surface area (Å²) in [6.45, 7) is 0.